The summed E-state index contributed by atoms with van der Waals surface area (Å²) < 4.78 is 31.8. The number of rotatable bonds is 6. The monoisotopic (exact) mass is 317 g/mol. The van der Waals surface area contributed by atoms with Crippen molar-refractivity contribution in [3.8, 4) is 0 Å². The molecule has 1 aromatic rings. The van der Waals surface area contributed by atoms with Gasteiger partial charge in [0, 0.05) is 18.5 Å². The first kappa shape index (κ1) is 15.9. The van der Waals surface area contributed by atoms with Crippen molar-refractivity contribution < 1.29 is 13.2 Å². The fraction of sp³-hybridized carbons (Fsp3) is 0.714. The molecule has 0 spiro atoms. The summed E-state index contributed by atoms with van der Waals surface area (Å²) in [5.74, 6) is 0.406. The Hall–Kier alpha value is -0.430. The molecular formula is C14H23NO3S2. The van der Waals surface area contributed by atoms with Crippen molar-refractivity contribution in [3.63, 3.8) is 0 Å². The lowest BCUT2D eigenvalue weighted by atomic mass is 10.00. The van der Waals surface area contributed by atoms with Crippen LogP contribution in [0.1, 0.15) is 38.7 Å². The average Bonchev–Trinajstić information content (AvgIpc) is 2.96. The topological polar surface area (TPSA) is 46.6 Å². The maximum absolute atomic E-state index is 12.4. The number of ether oxygens (including phenoxy) is 1. The molecule has 0 unspecified atom stereocenters. The molecule has 20 heavy (non-hydrogen) atoms. The van der Waals surface area contributed by atoms with Crippen molar-refractivity contribution in [2.75, 3.05) is 18.9 Å². The van der Waals surface area contributed by atoms with E-state index in [0.717, 1.165) is 6.42 Å². The van der Waals surface area contributed by atoms with Crippen molar-refractivity contribution in [2.45, 2.75) is 45.3 Å². The van der Waals surface area contributed by atoms with E-state index in [1.54, 1.807) is 15.6 Å². The lowest BCUT2D eigenvalue weighted by Crippen LogP contribution is -2.37. The SMILES string of the molecule is CC(C)OCCS(=O)(=O)N1C[C@@H](c2ccsc2)C[C@@H]1C. The molecule has 2 heterocycles. The Morgan fingerprint density at radius 1 is 1.50 bits per heavy atom. The first-order chi connectivity index (χ1) is 9.40. The van der Waals surface area contributed by atoms with Gasteiger partial charge in [0.25, 0.3) is 0 Å². The molecule has 2 atom stereocenters. The van der Waals surface area contributed by atoms with Gasteiger partial charge in [-0.05, 0) is 49.6 Å². The van der Waals surface area contributed by atoms with E-state index in [1.807, 2.05) is 26.2 Å². The molecule has 0 amide bonds. The minimum Gasteiger partial charge on any atom is -0.378 e. The van der Waals surface area contributed by atoms with Gasteiger partial charge in [-0.25, -0.2) is 8.42 Å². The van der Waals surface area contributed by atoms with E-state index in [2.05, 4.69) is 11.4 Å². The first-order valence-electron chi connectivity index (χ1n) is 7.03. The highest BCUT2D eigenvalue weighted by Crippen LogP contribution is 2.34. The third-order valence-corrected chi connectivity index (χ3v) is 6.29. The maximum Gasteiger partial charge on any atom is 0.216 e. The normalized spacial score (nSPS) is 24.6. The second kappa shape index (κ2) is 6.56. The molecule has 0 radical (unpaired) electrons. The number of sulfonamides is 1. The lowest BCUT2D eigenvalue weighted by Gasteiger charge is -2.21. The highest BCUT2D eigenvalue weighted by Gasteiger charge is 2.37. The summed E-state index contributed by atoms with van der Waals surface area (Å²) in [6, 6.07) is 2.17. The molecule has 0 saturated carbocycles. The molecule has 1 saturated heterocycles. The zero-order valence-electron chi connectivity index (χ0n) is 12.3. The molecule has 6 heteroatoms. The van der Waals surface area contributed by atoms with Gasteiger partial charge in [-0.3, -0.25) is 0 Å². The molecular weight excluding hydrogens is 294 g/mol. The fourth-order valence-corrected chi connectivity index (χ4v) is 4.97. The molecule has 114 valence electrons. The Kier molecular flexibility index (Phi) is 5.23. The van der Waals surface area contributed by atoms with Gasteiger partial charge in [-0.2, -0.15) is 15.6 Å². The van der Waals surface area contributed by atoms with Crippen LogP contribution >= 0.6 is 11.3 Å². The summed E-state index contributed by atoms with van der Waals surface area (Å²) in [6.45, 7) is 6.69. The largest absolute Gasteiger partial charge is 0.378 e. The first-order valence-corrected chi connectivity index (χ1v) is 9.58. The Morgan fingerprint density at radius 2 is 2.25 bits per heavy atom. The maximum atomic E-state index is 12.4. The molecule has 1 fully saturated rings. The van der Waals surface area contributed by atoms with E-state index < -0.39 is 10.0 Å². The summed E-state index contributed by atoms with van der Waals surface area (Å²) >= 11 is 1.67. The molecule has 2 rings (SSSR count). The Morgan fingerprint density at radius 3 is 2.85 bits per heavy atom. The van der Waals surface area contributed by atoms with E-state index in [1.165, 1.54) is 5.56 Å². The predicted octanol–water partition coefficient (Wildman–Crippen LogP) is 2.68. The van der Waals surface area contributed by atoms with Crippen LogP contribution in [0.3, 0.4) is 0 Å². The van der Waals surface area contributed by atoms with E-state index in [4.69, 9.17) is 4.74 Å². The van der Waals surface area contributed by atoms with Crippen molar-refractivity contribution >= 4 is 21.4 Å². The lowest BCUT2D eigenvalue weighted by molar-refractivity contribution is 0.0906. The quantitative estimate of drug-likeness (QED) is 0.810. The molecule has 1 aromatic heterocycles. The fourth-order valence-electron chi connectivity index (χ4n) is 2.64. The second-order valence-electron chi connectivity index (χ2n) is 5.64. The molecule has 1 aliphatic rings. The van der Waals surface area contributed by atoms with Crippen LogP contribution in [-0.2, 0) is 14.8 Å². The van der Waals surface area contributed by atoms with Crippen LogP contribution < -0.4 is 0 Å². The van der Waals surface area contributed by atoms with E-state index >= 15 is 0 Å². The Labute approximate surface area is 125 Å². The van der Waals surface area contributed by atoms with Gasteiger partial charge in [-0.15, -0.1) is 0 Å². The van der Waals surface area contributed by atoms with Crippen LogP contribution in [0.2, 0.25) is 0 Å². The van der Waals surface area contributed by atoms with E-state index in [-0.39, 0.29) is 24.5 Å². The molecule has 0 aromatic carbocycles. The van der Waals surface area contributed by atoms with Crippen LogP contribution in [0, 0.1) is 0 Å². The highest BCUT2D eigenvalue weighted by atomic mass is 32.2. The average molecular weight is 317 g/mol. The Balaban J connectivity index is 1.98. The smallest absolute Gasteiger partial charge is 0.216 e. The van der Waals surface area contributed by atoms with Crippen LogP contribution in [0.4, 0.5) is 0 Å². The van der Waals surface area contributed by atoms with Gasteiger partial charge in [0.05, 0.1) is 18.5 Å². The molecule has 0 bridgehead atoms. The predicted molar refractivity (Wildman–Crippen MR) is 82.7 cm³/mol. The molecule has 0 N–H and O–H groups in total. The zero-order chi connectivity index (χ0) is 14.8. The van der Waals surface area contributed by atoms with Gasteiger partial charge in [0.15, 0.2) is 0 Å². The molecule has 4 nitrogen and oxygen atoms in total. The molecule has 0 aliphatic carbocycles. The summed E-state index contributed by atoms with van der Waals surface area (Å²) in [5, 5.41) is 4.17. The van der Waals surface area contributed by atoms with Gasteiger partial charge in [-0.1, -0.05) is 0 Å². The van der Waals surface area contributed by atoms with Crippen LogP contribution in [-0.4, -0.2) is 43.8 Å². The minimum atomic E-state index is -3.22. The van der Waals surface area contributed by atoms with Crippen LogP contribution in [0.25, 0.3) is 0 Å². The summed E-state index contributed by atoms with van der Waals surface area (Å²) in [5.41, 5.74) is 1.26. The van der Waals surface area contributed by atoms with E-state index in [9.17, 15) is 8.42 Å². The standard InChI is InChI=1S/C14H23NO3S2/c1-11(2)18-5-7-20(16,17)15-9-14(8-12(15)3)13-4-6-19-10-13/h4,6,10-12,14H,5,7-9H2,1-3H3/t12-,14-/m0/s1. The second-order valence-corrected chi connectivity index (χ2v) is 8.46. The summed E-state index contributed by atoms with van der Waals surface area (Å²) in [7, 11) is -3.22. The van der Waals surface area contributed by atoms with Crippen LogP contribution in [0.5, 0.6) is 0 Å². The van der Waals surface area contributed by atoms with Crippen molar-refractivity contribution in [1.29, 1.82) is 0 Å². The minimum absolute atomic E-state index is 0.0692. The third kappa shape index (κ3) is 3.81. The van der Waals surface area contributed by atoms with Crippen molar-refractivity contribution in [3.05, 3.63) is 22.4 Å². The number of thiophene rings is 1. The van der Waals surface area contributed by atoms with E-state index in [0.29, 0.717) is 12.5 Å². The van der Waals surface area contributed by atoms with Gasteiger partial charge in [0.2, 0.25) is 10.0 Å². The number of hydrogen-bond acceptors (Lipinski definition) is 4. The summed E-state index contributed by atoms with van der Waals surface area (Å²) in [4.78, 5) is 0. The van der Waals surface area contributed by atoms with Crippen molar-refractivity contribution in [1.82, 2.24) is 4.31 Å². The van der Waals surface area contributed by atoms with Crippen molar-refractivity contribution in [2.24, 2.45) is 0 Å². The summed E-state index contributed by atoms with van der Waals surface area (Å²) in [6.07, 6.45) is 0.973. The number of nitrogens with zero attached hydrogens (tertiary/aromatic N) is 1. The Bertz CT molecular complexity index is 511. The van der Waals surface area contributed by atoms with Gasteiger partial charge in [0.1, 0.15) is 0 Å². The van der Waals surface area contributed by atoms with Gasteiger partial charge >= 0.3 is 0 Å². The highest BCUT2D eigenvalue weighted by molar-refractivity contribution is 7.89. The van der Waals surface area contributed by atoms with Gasteiger partial charge < -0.3 is 4.74 Å². The van der Waals surface area contributed by atoms with Crippen LogP contribution in [0.15, 0.2) is 16.8 Å². The third-order valence-electron chi connectivity index (χ3n) is 3.68. The zero-order valence-corrected chi connectivity index (χ0v) is 13.9. The molecule has 1 aliphatic heterocycles. The number of hydrogen-bond donors (Lipinski definition) is 0.